The van der Waals surface area contributed by atoms with Gasteiger partial charge in [-0.05, 0) is 64.4 Å². The Morgan fingerprint density at radius 3 is 2.37 bits per heavy atom. The molecule has 2 N–H and O–H groups in total. The quantitative estimate of drug-likeness (QED) is 0.478. The number of unbranched alkanes of at least 4 members (excludes halogenated alkanes) is 2. The van der Waals surface area contributed by atoms with Crippen LogP contribution in [0.15, 0.2) is 30.3 Å². The Kier molecular flexibility index (Phi) is 9.78. The summed E-state index contributed by atoms with van der Waals surface area (Å²) in [5.41, 5.74) is 0.0591. The topological polar surface area (TPSA) is 76.7 Å². The number of rotatable bonds is 9. The van der Waals surface area contributed by atoms with E-state index in [4.69, 9.17) is 21.7 Å². The third kappa shape index (κ3) is 11.2. The van der Waals surface area contributed by atoms with Gasteiger partial charge in [-0.25, -0.2) is 4.79 Å². The number of hydrogen-bond donors (Lipinski definition) is 2. The minimum Gasteiger partial charge on any atom is -0.487 e. The van der Waals surface area contributed by atoms with E-state index in [2.05, 4.69) is 10.6 Å². The molecule has 0 fully saturated rings. The first kappa shape index (κ1) is 22.9. The molecule has 0 aliphatic heterocycles. The molecule has 6 nitrogen and oxygen atoms in total. The van der Waals surface area contributed by atoms with E-state index in [9.17, 15) is 9.59 Å². The summed E-state index contributed by atoms with van der Waals surface area (Å²) in [6, 6.07) is 8.47. The molecule has 0 aromatic heterocycles. The zero-order chi connectivity index (χ0) is 20.3. The van der Waals surface area contributed by atoms with Gasteiger partial charge in [-0.2, -0.15) is 0 Å². The zero-order valence-electron chi connectivity index (χ0n) is 16.5. The maximum Gasteiger partial charge on any atom is 0.408 e. The van der Waals surface area contributed by atoms with Crippen molar-refractivity contribution in [2.45, 2.75) is 65.0 Å². The number of benzene rings is 1. The average Bonchev–Trinajstić information content (AvgIpc) is 2.55. The van der Waals surface area contributed by atoms with Crippen LogP contribution >= 0.6 is 12.2 Å². The van der Waals surface area contributed by atoms with Gasteiger partial charge in [0.2, 0.25) is 5.91 Å². The second-order valence-corrected chi connectivity index (χ2v) is 7.82. The van der Waals surface area contributed by atoms with E-state index in [1.165, 1.54) is 0 Å². The van der Waals surface area contributed by atoms with Crippen molar-refractivity contribution in [2.24, 2.45) is 0 Å². The van der Waals surface area contributed by atoms with Gasteiger partial charge < -0.3 is 20.1 Å². The van der Waals surface area contributed by atoms with Crippen molar-refractivity contribution in [1.29, 1.82) is 0 Å². The molecule has 0 aliphatic rings. The minimum atomic E-state index is -0.673. The molecule has 0 unspecified atom stereocenters. The van der Waals surface area contributed by atoms with Crippen molar-refractivity contribution in [2.75, 3.05) is 11.9 Å². The Balaban J connectivity index is 2.58. The molecule has 0 saturated heterocycles. The molecule has 150 valence electrons. The highest BCUT2D eigenvalue weighted by atomic mass is 32.1. The molecule has 7 heteroatoms. The molecule has 1 aromatic carbocycles. The number of hydrogen-bond acceptors (Lipinski definition) is 5. The Labute approximate surface area is 167 Å². The molecule has 2 amide bonds. The van der Waals surface area contributed by atoms with Crippen molar-refractivity contribution >= 4 is 35.0 Å². The molecule has 0 spiro atoms. The van der Waals surface area contributed by atoms with E-state index in [-0.39, 0.29) is 5.91 Å². The van der Waals surface area contributed by atoms with Crippen molar-refractivity contribution in [3.05, 3.63) is 30.3 Å². The van der Waals surface area contributed by atoms with Crippen LogP contribution in [0.5, 0.6) is 0 Å². The van der Waals surface area contributed by atoms with E-state index in [0.717, 1.165) is 19.3 Å². The maximum absolute atomic E-state index is 12.6. The lowest BCUT2D eigenvalue weighted by Crippen LogP contribution is -2.45. The lowest BCUT2D eigenvalue weighted by Gasteiger charge is -2.23. The Bertz CT molecular complexity index is 614. The summed E-state index contributed by atoms with van der Waals surface area (Å²) in [6.07, 6.45) is 2.38. The summed E-state index contributed by atoms with van der Waals surface area (Å²) < 4.78 is 10.5. The van der Waals surface area contributed by atoms with Gasteiger partial charge in [0, 0.05) is 12.6 Å². The zero-order valence-corrected chi connectivity index (χ0v) is 17.4. The summed E-state index contributed by atoms with van der Waals surface area (Å²) in [6.45, 7) is 7.65. The number of amides is 2. The van der Waals surface area contributed by atoms with E-state index >= 15 is 0 Å². The summed E-state index contributed by atoms with van der Waals surface area (Å²) >= 11 is 4.87. The maximum atomic E-state index is 12.6. The number of alkyl carbamates (subject to hydrolysis) is 1. The van der Waals surface area contributed by atoms with Crippen LogP contribution in [0.25, 0.3) is 0 Å². The largest absolute Gasteiger partial charge is 0.487 e. The molecule has 1 rings (SSSR count). The van der Waals surface area contributed by atoms with Gasteiger partial charge in [0.05, 0.1) is 6.61 Å². The molecule has 0 saturated carbocycles. The smallest absolute Gasteiger partial charge is 0.408 e. The lowest BCUT2D eigenvalue weighted by atomic mass is 10.1. The van der Waals surface area contributed by atoms with Crippen molar-refractivity contribution < 1.29 is 19.1 Å². The van der Waals surface area contributed by atoms with Crippen molar-refractivity contribution in [3.63, 3.8) is 0 Å². The highest BCUT2D eigenvalue weighted by molar-refractivity contribution is 7.80. The van der Waals surface area contributed by atoms with Crippen LogP contribution in [0.3, 0.4) is 0 Å². The van der Waals surface area contributed by atoms with Gasteiger partial charge in [0.25, 0.3) is 0 Å². The van der Waals surface area contributed by atoms with Crippen LogP contribution in [0.1, 0.15) is 53.4 Å². The Morgan fingerprint density at radius 2 is 1.78 bits per heavy atom. The van der Waals surface area contributed by atoms with Crippen LogP contribution in [0, 0.1) is 0 Å². The number of thiocarbonyl (C=S) groups is 1. The second-order valence-electron chi connectivity index (χ2n) is 7.24. The molecule has 1 atom stereocenters. The monoisotopic (exact) mass is 394 g/mol. The SMILES string of the molecule is CC(=S)OCCCCC[C@H](NC(=O)OC(C)(C)C)C(=O)Nc1ccccc1. The summed E-state index contributed by atoms with van der Waals surface area (Å²) in [7, 11) is 0. The van der Waals surface area contributed by atoms with Crippen LogP contribution < -0.4 is 10.6 Å². The molecule has 27 heavy (non-hydrogen) atoms. The average molecular weight is 395 g/mol. The molecule has 0 radical (unpaired) electrons. The Hall–Kier alpha value is -2.15. The first-order valence-corrected chi connectivity index (χ1v) is 9.57. The van der Waals surface area contributed by atoms with Crippen LogP contribution in [0.4, 0.5) is 10.5 Å². The predicted octanol–water partition coefficient (Wildman–Crippen LogP) is 4.44. The molecule has 0 heterocycles. The number of ether oxygens (including phenoxy) is 2. The fourth-order valence-corrected chi connectivity index (χ4v) is 2.40. The van der Waals surface area contributed by atoms with Gasteiger partial charge in [-0.3, -0.25) is 4.79 Å². The molecule has 1 aromatic rings. The molecular weight excluding hydrogens is 364 g/mol. The summed E-state index contributed by atoms with van der Waals surface area (Å²) in [5, 5.41) is 6.03. The first-order chi connectivity index (χ1) is 12.7. The van der Waals surface area contributed by atoms with Crippen LogP contribution in [-0.4, -0.2) is 35.3 Å². The number of anilines is 1. The standard InChI is InChI=1S/C20H30N2O4S/c1-15(27)25-14-10-6-9-13-17(22-19(24)26-20(2,3)4)18(23)21-16-11-7-5-8-12-16/h5,7-8,11-12,17H,6,9-10,13-14H2,1-4H3,(H,21,23)(H,22,24)/t17-/m0/s1. The van der Waals surface area contributed by atoms with E-state index in [1.807, 2.05) is 18.2 Å². The van der Waals surface area contributed by atoms with Gasteiger partial charge >= 0.3 is 6.09 Å². The number of nitrogens with one attached hydrogen (secondary N) is 2. The van der Waals surface area contributed by atoms with Crippen molar-refractivity contribution in [3.8, 4) is 0 Å². The summed E-state index contributed by atoms with van der Waals surface area (Å²) in [5.74, 6) is -0.266. The van der Waals surface area contributed by atoms with Crippen LogP contribution in [-0.2, 0) is 14.3 Å². The van der Waals surface area contributed by atoms with E-state index in [0.29, 0.717) is 23.8 Å². The third-order valence-corrected chi connectivity index (χ3v) is 3.61. The van der Waals surface area contributed by atoms with Crippen LogP contribution in [0.2, 0.25) is 0 Å². The minimum absolute atomic E-state index is 0.266. The predicted molar refractivity (Wildman–Crippen MR) is 111 cm³/mol. The lowest BCUT2D eigenvalue weighted by molar-refractivity contribution is -0.118. The molecular formula is C20H30N2O4S. The number of para-hydroxylation sites is 1. The summed E-state index contributed by atoms with van der Waals surface area (Å²) in [4.78, 5) is 24.7. The third-order valence-electron chi connectivity index (χ3n) is 3.49. The number of carbonyl (C=O) groups is 2. The van der Waals surface area contributed by atoms with Gasteiger partial charge in [0.15, 0.2) is 5.05 Å². The molecule has 0 bridgehead atoms. The van der Waals surface area contributed by atoms with Gasteiger partial charge in [0.1, 0.15) is 11.6 Å². The highest BCUT2D eigenvalue weighted by Crippen LogP contribution is 2.12. The fourth-order valence-electron chi connectivity index (χ4n) is 2.31. The van der Waals surface area contributed by atoms with Crippen molar-refractivity contribution in [1.82, 2.24) is 5.32 Å². The van der Waals surface area contributed by atoms with Gasteiger partial charge in [-0.15, -0.1) is 0 Å². The fraction of sp³-hybridized carbons (Fsp3) is 0.550. The number of carbonyl (C=O) groups excluding carboxylic acids is 2. The second kappa shape index (κ2) is 11.5. The van der Waals surface area contributed by atoms with E-state index in [1.54, 1.807) is 39.8 Å². The normalized spacial score (nSPS) is 12.0. The first-order valence-electron chi connectivity index (χ1n) is 9.16. The molecule has 0 aliphatic carbocycles. The van der Waals surface area contributed by atoms with E-state index < -0.39 is 17.7 Å². The Morgan fingerprint density at radius 1 is 1.11 bits per heavy atom. The van der Waals surface area contributed by atoms with Gasteiger partial charge in [-0.1, -0.05) is 24.6 Å². The highest BCUT2D eigenvalue weighted by Gasteiger charge is 2.24.